The topological polar surface area (TPSA) is 37.6 Å². The molecule has 0 spiro atoms. The summed E-state index contributed by atoms with van der Waals surface area (Å²) in [6.07, 6.45) is 2.50. The molecule has 0 atom stereocenters. The van der Waals surface area contributed by atoms with Gasteiger partial charge >= 0.3 is 0 Å². The summed E-state index contributed by atoms with van der Waals surface area (Å²) in [5, 5.41) is 0. The Kier molecular flexibility index (Phi) is 4.22. The Morgan fingerprint density at radius 1 is 1.30 bits per heavy atom. The van der Waals surface area contributed by atoms with Crippen LogP contribution >= 0.6 is 11.6 Å². The number of rotatable bonds is 3. The molecule has 4 nitrogen and oxygen atoms in total. The van der Waals surface area contributed by atoms with Crippen LogP contribution in [-0.4, -0.2) is 27.7 Å². The number of pyridine rings is 1. The molecule has 0 radical (unpaired) electrons. The minimum atomic E-state index is -0.251. The molecule has 1 amide bonds. The molecular weight excluding hydrogens is 365 g/mol. The van der Waals surface area contributed by atoms with Gasteiger partial charge < -0.3 is 4.90 Å². The molecular formula is C21H21ClFN3O. The first kappa shape index (κ1) is 18.0. The zero-order valence-corrected chi connectivity index (χ0v) is 16.3. The molecule has 140 valence electrons. The third kappa shape index (κ3) is 2.90. The fraction of sp³-hybridized carbons (Fsp3) is 0.333. The average Bonchev–Trinajstić information content (AvgIpc) is 3.14. The van der Waals surface area contributed by atoms with Crippen LogP contribution in [0.5, 0.6) is 0 Å². The Labute approximate surface area is 162 Å². The maximum absolute atomic E-state index is 13.3. The fourth-order valence-corrected chi connectivity index (χ4v) is 4.19. The summed E-state index contributed by atoms with van der Waals surface area (Å²) in [6, 6.07) is 8.57. The Morgan fingerprint density at radius 2 is 2.00 bits per heavy atom. The minimum absolute atomic E-state index is 0.0518. The Morgan fingerprint density at radius 3 is 2.67 bits per heavy atom. The summed E-state index contributed by atoms with van der Waals surface area (Å²) >= 11 is 5.86. The van der Waals surface area contributed by atoms with Gasteiger partial charge in [0.2, 0.25) is 5.91 Å². The van der Waals surface area contributed by atoms with Gasteiger partial charge in [0.1, 0.15) is 17.5 Å². The number of aromatic nitrogens is 2. The van der Waals surface area contributed by atoms with E-state index in [-0.39, 0.29) is 23.0 Å². The van der Waals surface area contributed by atoms with Gasteiger partial charge in [0.15, 0.2) is 0 Å². The molecule has 1 aromatic carbocycles. The van der Waals surface area contributed by atoms with Crippen molar-refractivity contribution in [2.75, 3.05) is 17.3 Å². The smallest absolute Gasteiger partial charge is 0.241 e. The molecule has 3 heterocycles. The van der Waals surface area contributed by atoms with Gasteiger partial charge in [0, 0.05) is 12.0 Å². The third-order valence-corrected chi connectivity index (χ3v) is 5.48. The van der Waals surface area contributed by atoms with Crippen molar-refractivity contribution in [1.82, 2.24) is 9.38 Å². The van der Waals surface area contributed by atoms with Crippen LogP contribution in [0.25, 0.3) is 5.52 Å². The van der Waals surface area contributed by atoms with Gasteiger partial charge in [0.05, 0.1) is 23.1 Å². The van der Waals surface area contributed by atoms with Crippen molar-refractivity contribution >= 4 is 28.7 Å². The maximum Gasteiger partial charge on any atom is 0.241 e. The van der Waals surface area contributed by atoms with Crippen LogP contribution < -0.4 is 4.90 Å². The molecule has 1 aliphatic rings. The van der Waals surface area contributed by atoms with Crippen LogP contribution in [0.1, 0.15) is 36.5 Å². The van der Waals surface area contributed by atoms with Crippen LogP contribution in [0.2, 0.25) is 0 Å². The molecule has 0 fully saturated rings. The largest absolute Gasteiger partial charge is 0.309 e. The van der Waals surface area contributed by atoms with Gasteiger partial charge in [-0.05, 0) is 42.7 Å². The standard InChI is InChI=1S/C21H21ClFN3O/c1-13-24-11-18-15(8-14-4-6-16(23)7-5-14)9-17-20(26(13)18)21(2,3)12-25(17)19(27)10-22/h4-7,9,11H,8,10,12H2,1-3H3. The van der Waals surface area contributed by atoms with E-state index in [1.165, 1.54) is 12.1 Å². The van der Waals surface area contributed by atoms with Gasteiger partial charge in [-0.15, -0.1) is 11.6 Å². The van der Waals surface area contributed by atoms with Crippen molar-refractivity contribution in [3.05, 3.63) is 65.0 Å². The SMILES string of the molecule is Cc1ncc2c(Cc3ccc(F)cc3)cc3c(n12)C(C)(C)CN3C(=O)CCl. The summed E-state index contributed by atoms with van der Waals surface area (Å²) in [5.41, 5.74) is 4.82. The van der Waals surface area contributed by atoms with Crippen molar-refractivity contribution in [1.29, 1.82) is 0 Å². The predicted octanol–water partition coefficient (Wildman–Crippen LogP) is 4.24. The van der Waals surface area contributed by atoms with Gasteiger partial charge in [-0.1, -0.05) is 26.0 Å². The first-order valence-electron chi connectivity index (χ1n) is 8.93. The second kappa shape index (κ2) is 6.34. The molecule has 0 N–H and O–H groups in total. The highest BCUT2D eigenvalue weighted by Crippen LogP contribution is 2.43. The number of alkyl halides is 1. The van der Waals surface area contributed by atoms with E-state index in [4.69, 9.17) is 11.6 Å². The lowest BCUT2D eigenvalue weighted by Crippen LogP contribution is -2.34. The molecule has 0 bridgehead atoms. The number of aryl methyl sites for hydroxylation is 1. The molecule has 0 saturated carbocycles. The molecule has 27 heavy (non-hydrogen) atoms. The number of carbonyl (C=O) groups excluding carboxylic acids is 1. The van der Waals surface area contributed by atoms with Crippen LogP contribution in [0, 0.1) is 12.7 Å². The number of halogens is 2. The first-order valence-corrected chi connectivity index (χ1v) is 9.46. The average molecular weight is 386 g/mol. The van der Waals surface area contributed by atoms with E-state index in [0.717, 1.165) is 33.8 Å². The number of imidazole rings is 1. The van der Waals surface area contributed by atoms with E-state index in [0.29, 0.717) is 13.0 Å². The lowest BCUT2D eigenvalue weighted by Gasteiger charge is -2.20. The first-order chi connectivity index (χ1) is 12.8. The highest BCUT2D eigenvalue weighted by atomic mass is 35.5. The van der Waals surface area contributed by atoms with Crippen molar-refractivity contribution in [3.63, 3.8) is 0 Å². The zero-order chi connectivity index (χ0) is 19.3. The highest BCUT2D eigenvalue weighted by Gasteiger charge is 2.40. The van der Waals surface area contributed by atoms with Crippen LogP contribution in [0.3, 0.4) is 0 Å². The fourth-order valence-electron chi connectivity index (χ4n) is 4.04. The monoisotopic (exact) mass is 385 g/mol. The van der Waals surface area contributed by atoms with E-state index >= 15 is 0 Å². The van der Waals surface area contributed by atoms with Crippen molar-refractivity contribution in [3.8, 4) is 0 Å². The molecule has 1 aliphatic heterocycles. The number of hydrogen-bond donors (Lipinski definition) is 0. The number of anilines is 1. The molecule has 0 saturated heterocycles. The molecule has 6 heteroatoms. The second-order valence-corrected chi connectivity index (χ2v) is 8.00. The second-order valence-electron chi connectivity index (χ2n) is 7.73. The minimum Gasteiger partial charge on any atom is -0.309 e. The molecule has 2 aromatic heterocycles. The van der Waals surface area contributed by atoms with Gasteiger partial charge in [-0.3, -0.25) is 9.20 Å². The normalized spacial score (nSPS) is 15.4. The van der Waals surface area contributed by atoms with E-state index in [1.807, 2.05) is 13.1 Å². The summed E-state index contributed by atoms with van der Waals surface area (Å²) in [7, 11) is 0. The predicted molar refractivity (Wildman–Crippen MR) is 105 cm³/mol. The number of amides is 1. The summed E-state index contributed by atoms with van der Waals surface area (Å²) in [6.45, 7) is 6.81. The molecule has 0 unspecified atom stereocenters. The summed E-state index contributed by atoms with van der Waals surface area (Å²) in [5.74, 6) is 0.478. The van der Waals surface area contributed by atoms with E-state index in [2.05, 4.69) is 29.3 Å². The Hall–Kier alpha value is -2.40. The molecule has 4 rings (SSSR count). The van der Waals surface area contributed by atoms with Gasteiger partial charge in [-0.25, -0.2) is 9.37 Å². The van der Waals surface area contributed by atoms with E-state index in [1.54, 1.807) is 17.0 Å². The van der Waals surface area contributed by atoms with Gasteiger partial charge in [0.25, 0.3) is 0 Å². The Bertz CT molecular complexity index is 1040. The number of benzene rings is 1. The van der Waals surface area contributed by atoms with Crippen LogP contribution in [0.4, 0.5) is 10.1 Å². The lowest BCUT2D eigenvalue weighted by atomic mass is 9.90. The Balaban J connectivity index is 1.93. The highest BCUT2D eigenvalue weighted by molar-refractivity contribution is 6.29. The van der Waals surface area contributed by atoms with Crippen molar-refractivity contribution in [2.45, 2.75) is 32.6 Å². The number of carbonyl (C=O) groups is 1. The number of fused-ring (bicyclic) bond motifs is 3. The maximum atomic E-state index is 13.3. The summed E-state index contributed by atoms with van der Waals surface area (Å²) in [4.78, 5) is 18.8. The van der Waals surface area contributed by atoms with Gasteiger partial charge in [-0.2, -0.15) is 0 Å². The lowest BCUT2D eigenvalue weighted by molar-refractivity contribution is -0.116. The van der Waals surface area contributed by atoms with Crippen molar-refractivity contribution < 1.29 is 9.18 Å². The van der Waals surface area contributed by atoms with E-state index in [9.17, 15) is 9.18 Å². The number of hydrogen-bond acceptors (Lipinski definition) is 2. The number of nitrogens with zero attached hydrogens (tertiary/aromatic N) is 3. The quantitative estimate of drug-likeness (QED) is 0.632. The molecule has 3 aromatic rings. The van der Waals surface area contributed by atoms with Crippen LogP contribution in [0.15, 0.2) is 36.5 Å². The zero-order valence-electron chi connectivity index (χ0n) is 15.6. The molecule has 0 aliphatic carbocycles. The van der Waals surface area contributed by atoms with Crippen molar-refractivity contribution in [2.24, 2.45) is 0 Å². The van der Waals surface area contributed by atoms with E-state index < -0.39 is 0 Å². The third-order valence-electron chi connectivity index (χ3n) is 5.25. The summed E-state index contributed by atoms with van der Waals surface area (Å²) < 4.78 is 15.4. The van der Waals surface area contributed by atoms with Crippen LogP contribution in [-0.2, 0) is 16.6 Å².